The van der Waals surface area contributed by atoms with E-state index in [0.717, 1.165) is 5.92 Å². The molecule has 0 bridgehead atoms. The van der Waals surface area contributed by atoms with E-state index in [9.17, 15) is 0 Å². The van der Waals surface area contributed by atoms with Crippen LogP contribution >= 0.6 is 0 Å². The second-order valence-electron chi connectivity index (χ2n) is 4.64. The summed E-state index contributed by atoms with van der Waals surface area (Å²) in [4.78, 5) is 0. The third-order valence-corrected chi connectivity index (χ3v) is 3.29. The highest BCUT2D eigenvalue weighted by Crippen LogP contribution is 2.27. The molecule has 78 valence electrons. The zero-order valence-corrected chi connectivity index (χ0v) is 9.10. The molecule has 1 heteroatoms. The first-order valence-corrected chi connectivity index (χ1v) is 6.08. The third-order valence-electron chi connectivity index (χ3n) is 3.29. The topological polar surface area (TPSA) is 26.0 Å². The van der Waals surface area contributed by atoms with Gasteiger partial charge in [0.1, 0.15) is 0 Å². The molecule has 0 saturated heterocycles. The fourth-order valence-electron chi connectivity index (χ4n) is 2.45. The maximum atomic E-state index is 5.96. The van der Waals surface area contributed by atoms with Gasteiger partial charge in [0.05, 0.1) is 0 Å². The van der Waals surface area contributed by atoms with Crippen LogP contribution in [0.3, 0.4) is 0 Å². The largest absolute Gasteiger partial charge is 0.328 e. The number of hydrogen-bond donors (Lipinski definition) is 1. The van der Waals surface area contributed by atoms with E-state index in [1.807, 2.05) is 0 Å². The molecule has 1 rings (SSSR count). The molecular weight excluding hydrogens is 158 g/mol. The molecule has 0 unspecified atom stereocenters. The van der Waals surface area contributed by atoms with Crippen molar-refractivity contribution in [3.05, 3.63) is 0 Å². The second kappa shape index (κ2) is 6.42. The first-order chi connectivity index (χ1) is 6.33. The molecule has 0 radical (unpaired) electrons. The Labute approximate surface area is 83.1 Å². The summed E-state index contributed by atoms with van der Waals surface area (Å²) in [6, 6.07) is 0.518. The van der Waals surface area contributed by atoms with Crippen molar-refractivity contribution in [3.8, 4) is 0 Å². The van der Waals surface area contributed by atoms with Crippen LogP contribution < -0.4 is 5.73 Å². The lowest BCUT2D eigenvalue weighted by Crippen LogP contribution is -2.27. The summed E-state index contributed by atoms with van der Waals surface area (Å²) in [6.45, 7) is 2.27. The predicted molar refractivity (Wildman–Crippen MR) is 58.7 cm³/mol. The maximum absolute atomic E-state index is 5.96. The van der Waals surface area contributed by atoms with Gasteiger partial charge in [0.2, 0.25) is 0 Å². The van der Waals surface area contributed by atoms with Crippen LogP contribution in [0, 0.1) is 5.92 Å². The van der Waals surface area contributed by atoms with Crippen molar-refractivity contribution < 1.29 is 0 Å². The molecule has 0 aromatic carbocycles. The highest BCUT2D eigenvalue weighted by Gasteiger charge is 2.18. The number of rotatable bonds is 5. The lowest BCUT2D eigenvalue weighted by molar-refractivity contribution is 0.298. The lowest BCUT2D eigenvalue weighted by atomic mass is 9.83. The standard InChI is InChI=1S/C12H25N/c1-2-3-4-5-7-11-8-6-9-12(13)10-11/h11-12H,2-10,13H2,1H3/t11-,12+/m1/s1. The first-order valence-electron chi connectivity index (χ1n) is 6.08. The van der Waals surface area contributed by atoms with E-state index in [1.54, 1.807) is 0 Å². The van der Waals surface area contributed by atoms with E-state index in [-0.39, 0.29) is 0 Å². The summed E-state index contributed by atoms with van der Waals surface area (Å²) in [7, 11) is 0. The average Bonchev–Trinajstić information content (AvgIpc) is 2.13. The van der Waals surface area contributed by atoms with E-state index < -0.39 is 0 Å². The third kappa shape index (κ3) is 4.66. The Balaban J connectivity index is 2.00. The zero-order valence-electron chi connectivity index (χ0n) is 9.10. The van der Waals surface area contributed by atoms with Crippen LogP contribution in [0.2, 0.25) is 0 Å². The Bertz CT molecular complexity index is 122. The van der Waals surface area contributed by atoms with Crippen molar-refractivity contribution in [3.63, 3.8) is 0 Å². The molecule has 0 amide bonds. The van der Waals surface area contributed by atoms with Crippen molar-refractivity contribution in [2.24, 2.45) is 11.7 Å². The van der Waals surface area contributed by atoms with E-state index in [1.165, 1.54) is 57.8 Å². The molecule has 13 heavy (non-hydrogen) atoms. The minimum absolute atomic E-state index is 0.518. The Morgan fingerprint density at radius 1 is 1.15 bits per heavy atom. The van der Waals surface area contributed by atoms with Gasteiger partial charge in [0.25, 0.3) is 0 Å². The Kier molecular flexibility index (Phi) is 5.45. The Morgan fingerprint density at radius 3 is 2.69 bits per heavy atom. The van der Waals surface area contributed by atoms with Gasteiger partial charge in [-0.25, -0.2) is 0 Å². The van der Waals surface area contributed by atoms with E-state index in [4.69, 9.17) is 5.73 Å². The average molecular weight is 183 g/mol. The SMILES string of the molecule is CCCCCC[C@@H]1CCC[C@H](N)C1. The fraction of sp³-hybridized carbons (Fsp3) is 1.00. The smallest absolute Gasteiger partial charge is 0.00414 e. The predicted octanol–water partition coefficient (Wildman–Crippen LogP) is 3.47. The molecule has 0 aliphatic heterocycles. The van der Waals surface area contributed by atoms with Crippen molar-refractivity contribution in [2.75, 3.05) is 0 Å². The summed E-state index contributed by atoms with van der Waals surface area (Å²) in [6.07, 6.45) is 12.5. The van der Waals surface area contributed by atoms with Crippen LogP contribution in [0.5, 0.6) is 0 Å². The molecule has 1 fully saturated rings. The van der Waals surface area contributed by atoms with E-state index in [2.05, 4.69) is 6.92 Å². The maximum Gasteiger partial charge on any atom is 0.00414 e. The minimum atomic E-state index is 0.518. The Hall–Kier alpha value is -0.0400. The van der Waals surface area contributed by atoms with Gasteiger partial charge in [-0.15, -0.1) is 0 Å². The van der Waals surface area contributed by atoms with Crippen molar-refractivity contribution >= 4 is 0 Å². The van der Waals surface area contributed by atoms with Crippen molar-refractivity contribution in [1.82, 2.24) is 0 Å². The highest BCUT2D eigenvalue weighted by atomic mass is 14.6. The monoisotopic (exact) mass is 183 g/mol. The van der Waals surface area contributed by atoms with Gasteiger partial charge in [-0.2, -0.15) is 0 Å². The van der Waals surface area contributed by atoms with Gasteiger partial charge in [-0.05, 0) is 18.8 Å². The molecule has 0 spiro atoms. The summed E-state index contributed by atoms with van der Waals surface area (Å²) < 4.78 is 0. The van der Waals surface area contributed by atoms with Crippen LogP contribution in [0.25, 0.3) is 0 Å². The van der Waals surface area contributed by atoms with Crippen LogP contribution in [0.1, 0.15) is 64.7 Å². The molecular formula is C12H25N. The number of unbranched alkanes of at least 4 members (excludes halogenated alkanes) is 3. The molecule has 1 aliphatic rings. The van der Waals surface area contributed by atoms with Gasteiger partial charge in [0.15, 0.2) is 0 Å². The number of nitrogens with two attached hydrogens (primary N) is 1. The summed E-state index contributed by atoms with van der Waals surface area (Å²) in [5, 5.41) is 0. The minimum Gasteiger partial charge on any atom is -0.328 e. The highest BCUT2D eigenvalue weighted by molar-refractivity contribution is 4.74. The lowest BCUT2D eigenvalue weighted by Gasteiger charge is -2.26. The second-order valence-corrected chi connectivity index (χ2v) is 4.64. The molecule has 2 atom stereocenters. The first kappa shape index (κ1) is 11.0. The molecule has 2 N–H and O–H groups in total. The molecule has 0 aromatic rings. The summed E-state index contributed by atoms with van der Waals surface area (Å²) in [5.74, 6) is 0.959. The van der Waals surface area contributed by atoms with Crippen LogP contribution in [0.4, 0.5) is 0 Å². The fourth-order valence-corrected chi connectivity index (χ4v) is 2.45. The molecule has 0 aromatic heterocycles. The molecule has 1 saturated carbocycles. The normalized spacial score (nSPS) is 29.1. The molecule has 1 nitrogen and oxygen atoms in total. The van der Waals surface area contributed by atoms with Crippen LogP contribution in [0.15, 0.2) is 0 Å². The summed E-state index contributed by atoms with van der Waals surface area (Å²) in [5.41, 5.74) is 5.96. The van der Waals surface area contributed by atoms with Gasteiger partial charge in [-0.3, -0.25) is 0 Å². The van der Waals surface area contributed by atoms with Gasteiger partial charge in [0, 0.05) is 6.04 Å². The van der Waals surface area contributed by atoms with Crippen LogP contribution in [-0.4, -0.2) is 6.04 Å². The van der Waals surface area contributed by atoms with E-state index in [0.29, 0.717) is 6.04 Å². The Morgan fingerprint density at radius 2 is 2.00 bits per heavy atom. The molecule has 1 aliphatic carbocycles. The zero-order chi connectivity index (χ0) is 9.52. The van der Waals surface area contributed by atoms with Gasteiger partial charge < -0.3 is 5.73 Å². The van der Waals surface area contributed by atoms with E-state index >= 15 is 0 Å². The van der Waals surface area contributed by atoms with Crippen molar-refractivity contribution in [1.29, 1.82) is 0 Å². The van der Waals surface area contributed by atoms with Crippen LogP contribution in [-0.2, 0) is 0 Å². The molecule has 0 heterocycles. The van der Waals surface area contributed by atoms with Gasteiger partial charge in [-0.1, -0.05) is 51.9 Å². The van der Waals surface area contributed by atoms with Crippen molar-refractivity contribution in [2.45, 2.75) is 70.8 Å². The number of hydrogen-bond acceptors (Lipinski definition) is 1. The van der Waals surface area contributed by atoms with Gasteiger partial charge >= 0.3 is 0 Å². The quantitative estimate of drug-likeness (QED) is 0.649. The summed E-state index contributed by atoms with van der Waals surface area (Å²) >= 11 is 0.